The van der Waals surface area contributed by atoms with Crippen molar-refractivity contribution in [1.29, 1.82) is 0 Å². The first-order valence-corrected chi connectivity index (χ1v) is 10.0. The summed E-state index contributed by atoms with van der Waals surface area (Å²) in [5, 5.41) is 5.27. The second-order valence-electron chi connectivity index (χ2n) is 7.22. The van der Waals surface area contributed by atoms with Gasteiger partial charge in [0.2, 0.25) is 5.91 Å². The van der Waals surface area contributed by atoms with E-state index in [9.17, 15) is 19.2 Å². The van der Waals surface area contributed by atoms with Gasteiger partial charge in [-0.1, -0.05) is 29.8 Å². The van der Waals surface area contributed by atoms with Crippen LogP contribution in [0.4, 0.5) is 11.4 Å². The Hall–Kier alpha value is -4.40. The number of hydrogen-bond acceptors (Lipinski definition) is 6. The largest absolute Gasteiger partial charge is 0.459 e. The fourth-order valence-electron chi connectivity index (χ4n) is 2.82. The third kappa shape index (κ3) is 6.54. The molecular weight excluding hydrogens is 426 g/mol. The maximum atomic E-state index is 12.5. The van der Waals surface area contributed by atoms with Gasteiger partial charge in [0.1, 0.15) is 0 Å². The van der Waals surface area contributed by atoms with E-state index in [1.165, 1.54) is 31.5 Å². The molecule has 2 N–H and O–H groups in total. The molecule has 0 spiro atoms. The minimum atomic E-state index is -0.795. The van der Waals surface area contributed by atoms with E-state index >= 15 is 0 Å². The van der Waals surface area contributed by atoms with Crippen LogP contribution < -0.4 is 10.6 Å². The molecule has 0 aliphatic carbocycles. The summed E-state index contributed by atoms with van der Waals surface area (Å²) in [6, 6.07) is 16.5. The standard InChI is InChI=1S/C24H23N3O6/c1-16-9-11-17(12-10-16)25-21(28)14-27(2)22(29)15-33-24(31)18-6-3-4-7-19(18)26-23(30)20-8-5-13-32-20/h3-13H,14-15H2,1-2H3,(H,25,28)(H,26,30). The Morgan fingerprint density at radius 2 is 1.67 bits per heavy atom. The number of nitrogens with zero attached hydrogens (tertiary/aromatic N) is 1. The lowest BCUT2D eigenvalue weighted by molar-refractivity contribution is -0.136. The molecule has 3 rings (SSSR count). The van der Waals surface area contributed by atoms with E-state index in [1.54, 1.807) is 30.3 Å². The van der Waals surface area contributed by atoms with Crippen molar-refractivity contribution in [3.05, 3.63) is 83.8 Å². The topological polar surface area (TPSA) is 118 Å². The highest BCUT2D eigenvalue weighted by molar-refractivity contribution is 6.07. The molecular formula is C24H23N3O6. The first-order valence-electron chi connectivity index (χ1n) is 10.0. The molecule has 0 aliphatic heterocycles. The van der Waals surface area contributed by atoms with Crippen molar-refractivity contribution < 1.29 is 28.3 Å². The van der Waals surface area contributed by atoms with Crippen LogP contribution in [-0.4, -0.2) is 48.8 Å². The molecule has 170 valence electrons. The molecule has 1 aromatic heterocycles. The quantitative estimate of drug-likeness (QED) is 0.510. The second kappa shape index (κ2) is 10.8. The summed E-state index contributed by atoms with van der Waals surface area (Å²) in [6.45, 7) is 1.17. The van der Waals surface area contributed by atoms with Crippen LogP contribution in [0.5, 0.6) is 0 Å². The highest BCUT2D eigenvalue weighted by Gasteiger charge is 2.19. The maximum Gasteiger partial charge on any atom is 0.340 e. The molecule has 0 saturated carbocycles. The molecule has 0 aliphatic rings. The van der Waals surface area contributed by atoms with Gasteiger partial charge in [0.25, 0.3) is 11.8 Å². The smallest absolute Gasteiger partial charge is 0.340 e. The van der Waals surface area contributed by atoms with Crippen LogP contribution in [0.1, 0.15) is 26.5 Å². The van der Waals surface area contributed by atoms with Crippen molar-refractivity contribution in [2.45, 2.75) is 6.92 Å². The molecule has 33 heavy (non-hydrogen) atoms. The lowest BCUT2D eigenvalue weighted by Crippen LogP contribution is -2.37. The zero-order valence-corrected chi connectivity index (χ0v) is 18.2. The first kappa shape index (κ1) is 23.3. The van der Waals surface area contributed by atoms with Crippen LogP contribution in [0.25, 0.3) is 0 Å². The summed E-state index contributed by atoms with van der Waals surface area (Å²) in [4.78, 5) is 50.3. The van der Waals surface area contributed by atoms with Gasteiger partial charge in [-0.25, -0.2) is 4.79 Å². The number of aryl methyl sites for hydroxylation is 1. The minimum Gasteiger partial charge on any atom is -0.459 e. The Kier molecular flexibility index (Phi) is 7.59. The molecule has 0 atom stereocenters. The fraction of sp³-hybridized carbons (Fsp3) is 0.167. The molecule has 0 unspecified atom stereocenters. The third-order valence-electron chi connectivity index (χ3n) is 4.61. The van der Waals surface area contributed by atoms with Gasteiger partial charge in [0.15, 0.2) is 12.4 Å². The Morgan fingerprint density at radius 1 is 0.939 bits per heavy atom. The van der Waals surface area contributed by atoms with Gasteiger partial charge in [-0.3, -0.25) is 14.4 Å². The fourth-order valence-corrected chi connectivity index (χ4v) is 2.82. The molecule has 9 heteroatoms. The number of furan rings is 1. The van der Waals surface area contributed by atoms with Crippen LogP contribution in [-0.2, 0) is 14.3 Å². The van der Waals surface area contributed by atoms with Gasteiger partial charge in [0, 0.05) is 12.7 Å². The number of rotatable bonds is 8. The van der Waals surface area contributed by atoms with E-state index in [1.807, 2.05) is 19.1 Å². The Bertz CT molecular complexity index is 1140. The Balaban J connectivity index is 1.52. The predicted octanol–water partition coefficient (Wildman–Crippen LogP) is 3.09. The number of carbonyl (C=O) groups excluding carboxylic acids is 4. The van der Waals surface area contributed by atoms with Crippen molar-refractivity contribution >= 4 is 35.1 Å². The van der Waals surface area contributed by atoms with Crippen molar-refractivity contribution in [3.63, 3.8) is 0 Å². The van der Waals surface area contributed by atoms with Crippen LogP contribution in [0.3, 0.4) is 0 Å². The van der Waals surface area contributed by atoms with Crippen molar-refractivity contribution in [1.82, 2.24) is 4.90 Å². The van der Waals surface area contributed by atoms with Gasteiger partial charge >= 0.3 is 5.97 Å². The van der Waals surface area contributed by atoms with Crippen molar-refractivity contribution in [3.8, 4) is 0 Å². The molecule has 3 aromatic rings. The number of ether oxygens (including phenoxy) is 1. The second-order valence-corrected chi connectivity index (χ2v) is 7.22. The lowest BCUT2D eigenvalue weighted by atomic mass is 10.1. The number of anilines is 2. The van der Waals surface area contributed by atoms with E-state index in [0.717, 1.165) is 10.5 Å². The highest BCUT2D eigenvalue weighted by atomic mass is 16.5. The molecule has 0 radical (unpaired) electrons. The van der Waals surface area contributed by atoms with E-state index in [-0.39, 0.29) is 29.5 Å². The zero-order valence-electron chi connectivity index (χ0n) is 18.2. The summed E-state index contributed by atoms with van der Waals surface area (Å²) < 4.78 is 10.1. The zero-order chi connectivity index (χ0) is 23.8. The van der Waals surface area contributed by atoms with Crippen LogP contribution in [0.15, 0.2) is 71.3 Å². The van der Waals surface area contributed by atoms with E-state index < -0.39 is 24.4 Å². The van der Waals surface area contributed by atoms with Crippen LogP contribution in [0.2, 0.25) is 0 Å². The predicted molar refractivity (Wildman–Crippen MR) is 121 cm³/mol. The van der Waals surface area contributed by atoms with Gasteiger partial charge < -0.3 is 24.7 Å². The highest BCUT2D eigenvalue weighted by Crippen LogP contribution is 2.18. The molecule has 0 saturated heterocycles. The third-order valence-corrected chi connectivity index (χ3v) is 4.61. The summed E-state index contributed by atoms with van der Waals surface area (Å²) in [7, 11) is 1.43. The Labute approximate surface area is 190 Å². The number of amides is 3. The lowest BCUT2D eigenvalue weighted by Gasteiger charge is -2.17. The van der Waals surface area contributed by atoms with E-state index in [4.69, 9.17) is 9.15 Å². The number of benzene rings is 2. The summed E-state index contributed by atoms with van der Waals surface area (Å²) in [6.07, 6.45) is 1.36. The normalized spacial score (nSPS) is 10.2. The summed E-state index contributed by atoms with van der Waals surface area (Å²) in [5.74, 6) is -2.18. The number of carbonyl (C=O) groups is 4. The summed E-state index contributed by atoms with van der Waals surface area (Å²) in [5.41, 5.74) is 1.96. The number of esters is 1. The maximum absolute atomic E-state index is 12.5. The Morgan fingerprint density at radius 3 is 2.36 bits per heavy atom. The van der Waals surface area contributed by atoms with Gasteiger partial charge in [-0.2, -0.15) is 0 Å². The van der Waals surface area contributed by atoms with E-state index in [2.05, 4.69) is 10.6 Å². The summed E-state index contributed by atoms with van der Waals surface area (Å²) >= 11 is 0. The van der Waals surface area contributed by atoms with Crippen LogP contribution in [0, 0.1) is 6.92 Å². The number of para-hydroxylation sites is 1. The number of hydrogen-bond donors (Lipinski definition) is 2. The molecule has 2 aromatic carbocycles. The average Bonchev–Trinajstić information content (AvgIpc) is 3.34. The van der Waals surface area contributed by atoms with Gasteiger partial charge in [-0.15, -0.1) is 0 Å². The minimum absolute atomic E-state index is 0.0740. The molecule has 0 fully saturated rings. The number of nitrogens with one attached hydrogen (secondary N) is 2. The monoisotopic (exact) mass is 449 g/mol. The van der Waals surface area contributed by atoms with Crippen molar-refractivity contribution in [2.24, 2.45) is 0 Å². The number of likely N-dealkylation sites (N-methyl/N-ethyl adjacent to an activating group) is 1. The van der Waals surface area contributed by atoms with Gasteiger partial charge in [0.05, 0.1) is 24.1 Å². The van der Waals surface area contributed by atoms with Gasteiger partial charge in [-0.05, 0) is 43.3 Å². The van der Waals surface area contributed by atoms with Crippen LogP contribution >= 0.6 is 0 Å². The molecule has 9 nitrogen and oxygen atoms in total. The molecule has 1 heterocycles. The van der Waals surface area contributed by atoms with E-state index in [0.29, 0.717) is 5.69 Å². The SMILES string of the molecule is Cc1ccc(NC(=O)CN(C)C(=O)COC(=O)c2ccccc2NC(=O)c2ccco2)cc1. The molecule has 3 amide bonds. The first-order chi connectivity index (χ1) is 15.8. The van der Waals surface area contributed by atoms with Crippen molar-refractivity contribution in [2.75, 3.05) is 30.8 Å². The average molecular weight is 449 g/mol. The molecule has 0 bridgehead atoms.